The van der Waals surface area contributed by atoms with E-state index in [9.17, 15) is 0 Å². The maximum atomic E-state index is 5.56. The summed E-state index contributed by atoms with van der Waals surface area (Å²) in [6.45, 7) is 7.96. The Balaban J connectivity index is 2.66. The van der Waals surface area contributed by atoms with Crippen molar-refractivity contribution in [3.8, 4) is 0 Å². The Labute approximate surface area is 81.7 Å². The zero-order chi connectivity index (χ0) is 9.90. The minimum absolute atomic E-state index is 0.911. The highest BCUT2D eigenvalue weighted by atomic mass is 28.4. The van der Waals surface area contributed by atoms with Crippen molar-refractivity contribution >= 4 is 8.72 Å². The summed E-state index contributed by atoms with van der Waals surface area (Å²) in [7, 11) is 1.51. The van der Waals surface area contributed by atoms with Crippen molar-refractivity contribution in [2.45, 2.75) is 19.4 Å². The van der Waals surface area contributed by atoms with Crippen LogP contribution in [0.4, 0.5) is 0 Å². The lowest BCUT2D eigenvalue weighted by molar-refractivity contribution is 0.187. The van der Waals surface area contributed by atoms with Crippen molar-refractivity contribution in [3.63, 3.8) is 0 Å². The average molecular weight is 201 g/mol. The van der Waals surface area contributed by atoms with Gasteiger partial charge in [-0.1, -0.05) is 12.2 Å². The lowest BCUT2D eigenvalue weighted by atomic mass is 10.3. The van der Waals surface area contributed by atoms with Crippen LogP contribution in [0.3, 0.4) is 0 Å². The Bertz CT molecular complexity index is 192. The highest BCUT2D eigenvalue weighted by Crippen LogP contribution is 2.27. The Morgan fingerprint density at radius 2 is 2.08 bits per heavy atom. The number of hydrogen-bond donors (Lipinski definition) is 0. The van der Waals surface area contributed by atoms with Gasteiger partial charge in [0.1, 0.15) is 0 Å². The fourth-order valence-electron chi connectivity index (χ4n) is 1.89. The molecule has 0 aliphatic carbocycles. The van der Waals surface area contributed by atoms with Crippen molar-refractivity contribution < 1.29 is 8.85 Å². The topological polar surface area (TPSA) is 21.7 Å². The molecule has 4 heteroatoms. The number of rotatable bonds is 4. The fraction of sp³-hybridized carbons (Fsp3) is 0.778. The van der Waals surface area contributed by atoms with E-state index in [1.807, 2.05) is 6.92 Å². The van der Waals surface area contributed by atoms with Crippen LogP contribution in [0.1, 0.15) is 13.3 Å². The van der Waals surface area contributed by atoms with Gasteiger partial charge in [-0.15, -0.1) is 0 Å². The van der Waals surface area contributed by atoms with Gasteiger partial charge in [-0.05, 0) is 19.9 Å². The van der Waals surface area contributed by atoms with Crippen LogP contribution >= 0.6 is 0 Å². The molecular weight excluding hydrogens is 182 g/mol. The summed E-state index contributed by atoms with van der Waals surface area (Å²) in [4.78, 5) is 0. The summed E-state index contributed by atoms with van der Waals surface area (Å²) in [5.74, 6) is 0. The van der Waals surface area contributed by atoms with E-state index in [-0.39, 0.29) is 0 Å². The molecule has 0 atom stereocenters. The normalized spacial score (nSPS) is 22.1. The maximum absolute atomic E-state index is 5.56. The van der Waals surface area contributed by atoms with Gasteiger partial charge in [-0.25, -0.2) is 0 Å². The Hall–Kier alpha value is -0.163. The average Bonchev–Trinajstić information content (AvgIpc) is 2.48. The zero-order valence-electron chi connectivity index (χ0n) is 8.80. The molecule has 0 unspecified atom stereocenters. The van der Waals surface area contributed by atoms with Gasteiger partial charge in [0.05, 0.1) is 0 Å². The molecule has 0 aromatic carbocycles. The molecular formula is C9H19NO2Si. The molecule has 1 rings (SSSR count). The lowest BCUT2D eigenvalue weighted by Gasteiger charge is -2.31. The first-order valence-corrected chi connectivity index (χ1v) is 6.61. The SMILES string of the molecule is C=C(C)CN1CCC[Si]1(OC)OC. The molecule has 1 fully saturated rings. The number of nitrogens with zero attached hydrogens (tertiary/aromatic N) is 1. The van der Waals surface area contributed by atoms with Gasteiger partial charge in [0.2, 0.25) is 0 Å². The molecule has 0 aromatic heterocycles. The van der Waals surface area contributed by atoms with Crippen molar-refractivity contribution in [1.29, 1.82) is 0 Å². The number of hydrogen-bond acceptors (Lipinski definition) is 3. The smallest absolute Gasteiger partial charge is 0.386 e. The molecule has 0 amide bonds. The van der Waals surface area contributed by atoms with Crippen LogP contribution in [0.2, 0.25) is 6.04 Å². The molecule has 76 valence electrons. The Morgan fingerprint density at radius 3 is 2.54 bits per heavy atom. The molecule has 1 aliphatic rings. The van der Waals surface area contributed by atoms with Crippen LogP contribution in [0.15, 0.2) is 12.2 Å². The second-order valence-corrected chi connectivity index (χ2v) is 6.98. The van der Waals surface area contributed by atoms with E-state index in [1.165, 1.54) is 12.0 Å². The largest absolute Gasteiger partial charge is 0.427 e. The quantitative estimate of drug-likeness (QED) is 0.508. The van der Waals surface area contributed by atoms with Gasteiger partial charge in [0.15, 0.2) is 0 Å². The Kier molecular flexibility index (Phi) is 3.67. The van der Waals surface area contributed by atoms with E-state index in [0.717, 1.165) is 19.1 Å². The Morgan fingerprint density at radius 1 is 1.46 bits per heavy atom. The molecule has 13 heavy (non-hydrogen) atoms. The highest BCUT2D eigenvalue weighted by Gasteiger charge is 2.47. The molecule has 0 saturated carbocycles. The summed E-state index contributed by atoms with van der Waals surface area (Å²) < 4.78 is 13.5. The molecule has 0 N–H and O–H groups in total. The molecule has 0 spiro atoms. The summed E-state index contributed by atoms with van der Waals surface area (Å²) >= 11 is 0. The zero-order valence-corrected chi connectivity index (χ0v) is 9.80. The summed E-state index contributed by atoms with van der Waals surface area (Å²) in [5, 5.41) is 0. The predicted octanol–water partition coefficient (Wildman–Crippen LogP) is 1.50. The molecule has 1 saturated heterocycles. The van der Waals surface area contributed by atoms with E-state index in [2.05, 4.69) is 11.1 Å². The second kappa shape index (κ2) is 4.37. The molecule has 0 bridgehead atoms. The molecule has 1 aliphatic heterocycles. The maximum Gasteiger partial charge on any atom is 0.427 e. The molecule has 0 aromatic rings. The molecule has 0 radical (unpaired) electrons. The van der Waals surface area contributed by atoms with Gasteiger partial charge in [0.25, 0.3) is 0 Å². The van der Waals surface area contributed by atoms with Gasteiger partial charge >= 0.3 is 8.72 Å². The van der Waals surface area contributed by atoms with Crippen LogP contribution in [0.5, 0.6) is 0 Å². The summed E-state index contributed by atoms with van der Waals surface area (Å²) in [5.41, 5.74) is 1.17. The van der Waals surface area contributed by atoms with E-state index in [0.29, 0.717) is 0 Å². The van der Waals surface area contributed by atoms with E-state index in [4.69, 9.17) is 8.85 Å². The van der Waals surface area contributed by atoms with Crippen LogP contribution in [0.25, 0.3) is 0 Å². The summed E-state index contributed by atoms with van der Waals surface area (Å²) in [6.07, 6.45) is 1.18. The van der Waals surface area contributed by atoms with E-state index >= 15 is 0 Å². The van der Waals surface area contributed by atoms with Crippen molar-refractivity contribution in [2.75, 3.05) is 27.3 Å². The van der Waals surface area contributed by atoms with Gasteiger partial charge in [0, 0.05) is 26.8 Å². The van der Waals surface area contributed by atoms with E-state index < -0.39 is 8.72 Å². The van der Waals surface area contributed by atoms with Crippen molar-refractivity contribution in [2.24, 2.45) is 0 Å². The lowest BCUT2D eigenvalue weighted by Crippen LogP contribution is -2.53. The summed E-state index contributed by atoms with van der Waals surface area (Å²) in [6, 6.07) is 1.08. The highest BCUT2D eigenvalue weighted by molar-refractivity contribution is 6.65. The minimum atomic E-state index is -2.00. The first kappa shape index (κ1) is 10.9. The molecule has 1 heterocycles. The minimum Gasteiger partial charge on any atom is -0.386 e. The fourth-order valence-corrected chi connectivity index (χ4v) is 4.91. The third-order valence-corrected chi connectivity index (χ3v) is 6.11. The molecule has 3 nitrogen and oxygen atoms in total. The van der Waals surface area contributed by atoms with Crippen LogP contribution in [-0.2, 0) is 8.85 Å². The second-order valence-electron chi connectivity index (χ2n) is 3.60. The van der Waals surface area contributed by atoms with Gasteiger partial charge in [-0.3, -0.25) is 4.57 Å². The van der Waals surface area contributed by atoms with E-state index in [1.54, 1.807) is 14.2 Å². The van der Waals surface area contributed by atoms with Crippen molar-refractivity contribution in [3.05, 3.63) is 12.2 Å². The van der Waals surface area contributed by atoms with Crippen molar-refractivity contribution in [1.82, 2.24) is 4.57 Å². The van der Waals surface area contributed by atoms with Gasteiger partial charge in [-0.2, -0.15) is 0 Å². The monoisotopic (exact) mass is 201 g/mol. The van der Waals surface area contributed by atoms with Crippen LogP contribution in [-0.4, -0.2) is 40.6 Å². The third-order valence-electron chi connectivity index (χ3n) is 2.50. The van der Waals surface area contributed by atoms with Crippen LogP contribution in [0, 0.1) is 0 Å². The standard InChI is InChI=1S/C9H19NO2Si/c1-9(2)8-10-6-5-7-13(10,11-3)12-4/h1,5-8H2,2-4H3. The first-order chi connectivity index (χ1) is 6.14. The predicted molar refractivity (Wildman–Crippen MR) is 55.6 cm³/mol. The van der Waals surface area contributed by atoms with Crippen LogP contribution < -0.4 is 0 Å². The van der Waals surface area contributed by atoms with Gasteiger partial charge < -0.3 is 8.85 Å². The first-order valence-electron chi connectivity index (χ1n) is 4.64. The third kappa shape index (κ3) is 2.20.